The van der Waals surface area contributed by atoms with E-state index in [4.69, 9.17) is 15.2 Å². The fraction of sp³-hybridized carbons (Fsp3) is 0.367. The molecule has 0 spiro atoms. The number of para-hydroxylation sites is 1. The number of nitrogens with one attached hydrogen (secondary N) is 1. The van der Waals surface area contributed by atoms with Gasteiger partial charge in [0.25, 0.3) is 0 Å². The van der Waals surface area contributed by atoms with Gasteiger partial charge in [-0.25, -0.2) is 9.97 Å². The van der Waals surface area contributed by atoms with Gasteiger partial charge in [-0.1, -0.05) is 30.3 Å². The Morgan fingerprint density at radius 2 is 1.68 bits per heavy atom. The van der Waals surface area contributed by atoms with Gasteiger partial charge in [0.2, 0.25) is 0 Å². The number of nitrogens with zero attached hydrogens (tertiary/aromatic N) is 3. The lowest BCUT2D eigenvalue weighted by Gasteiger charge is -2.30. The van der Waals surface area contributed by atoms with Crippen LogP contribution in [-0.4, -0.2) is 38.7 Å². The van der Waals surface area contributed by atoms with Crippen molar-refractivity contribution in [3.8, 4) is 22.6 Å². The number of rotatable bonds is 7. The average Bonchev–Trinajstić information content (AvgIpc) is 3.29. The number of fused-ring (bicyclic) bond motifs is 1. The molecule has 0 radical (unpaired) electrons. The summed E-state index contributed by atoms with van der Waals surface area (Å²) in [5.74, 6) is 1.82. The van der Waals surface area contributed by atoms with E-state index in [-0.39, 0.29) is 18.6 Å². The highest BCUT2D eigenvalue weighted by Gasteiger charge is 2.26. The van der Waals surface area contributed by atoms with E-state index >= 15 is 0 Å². The monoisotopic (exact) mass is 513 g/mol. The van der Waals surface area contributed by atoms with Crippen LogP contribution in [0.15, 0.2) is 67.1 Å². The van der Waals surface area contributed by atoms with Gasteiger partial charge in [-0.3, -0.25) is 4.79 Å². The third-order valence-electron chi connectivity index (χ3n) is 6.83. The molecule has 1 fully saturated rings. The van der Waals surface area contributed by atoms with E-state index in [1.165, 1.54) is 6.33 Å². The third kappa shape index (κ3) is 5.97. The molecule has 8 heteroatoms. The number of nitrogens with two attached hydrogens (primary N) is 1. The highest BCUT2D eigenvalue weighted by atomic mass is 16.6. The predicted octanol–water partition coefficient (Wildman–Crippen LogP) is 5.89. The van der Waals surface area contributed by atoms with Crippen LogP contribution in [0.25, 0.3) is 22.2 Å². The largest absolute Gasteiger partial charge is 0.459 e. The standard InChI is InChI=1S/C30H35N5O3/c1-30(2,3)38-26(36)17-32-21-11-13-22(14-12-21)35-18-25(27-28(31)33-19-34-29(27)35)20-9-15-24(16-10-20)37-23-7-5-4-6-8-23/h4-10,15-16,18-19,21-22,32H,11-14,17H2,1-3H3,(H2,31,33,34). The highest BCUT2D eigenvalue weighted by molar-refractivity contribution is 6.00. The average molecular weight is 514 g/mol. The Labute approximate surface area is 223 Å². The Balaban J connectivity index is 1.30. The van der Waals surface area contributed by atoms with E-state index < -0.39 is 5.60 Å². The second-order valence-electron chi connectivity index (χ2n) is 10.8. The minimum atomic E-state index is -0.470. The fourth-order valence-electron chi connectivity index (χ4n) is 5.10. The molecule has 198 valence electrons. The molecule has 0 unspecified atom stereocenters. The lowest BCUT2D eigenvalue weighted by Crippen LogP contribution is -2.39. The lowest BCUT2D eigenvalue weighted by atomic mass is 9.91. The summed E-state index contributed by atoms with van der Waals surface area (Å²) in [4.78, 5) is 21.0. The predicted molar refractivity (Wildman–Crippen MR) is 149 cm³/mol. The Kier molecular flexibility index (Phi) is 7.33. The Bertz CT molecular complexity index is 1390. The first-order valence-electron chi connectivity index (χ1n) is 13.2. The molecule has 38 heavy (non-hydrogen) atoms. The van der Waals surface area contributed by atoms with Gasteiger partial charge in [0, 0.05) is 23.8 Å². The minimum absolute atomic E-state index is 0.215. The molecule has 0 saturated heterocycles. The summed E-state index contributed by atoms with van der Waals surface area (Å²) >= 11 is 0. The van der Waals surface area contributed by atoms with Crippen molar-refractivity contribution in [1.82, 2.24) is 19.9 Å². The highest BCUT2D eigenvalue weighted by Crippen LogP contribution is 2.38. The minimum Gasteiger partial charge on any atom is -0.459 e. The number of hydrogen-bond acceptors (Lipinski definition) is 7. The number of anilines is 1. The van der Waals surface area contributed by atoms with E-state index in [0.717, 1.165) is 59.3 Å². The van der Waals surface area contributed by atoms with Crippen LogP contribution < -0.4 is 15.8 Å². The van der Waals surface area contributed by atoms with Gasteiger partial charge < -0.3 is 25.1 Å². The summed E-state index contributed by atoms with van der Waals surface area (Å²) in [6.07, 6.45) is 7.57. The number of esters is 1. The smallest absolute Gasteiger partial charge is 0.320 e. The van der Waals surface area contributed by atoms with Gasteiger partial charge in [-0.15, -0.1) is 0 Å². The van der Waals surface area contributed by atoms with Crippen molar-refractivity contribution in [1.29, 1.82) is 0 Å². The molecule has 1 aliphatic carbocycles. The second kappa shape index (κ2) is 10.8. The molecule has 0 atom stereocenters. The number of carbonyl (C=O) groups excluding carboxylic acids is 1. The number of aromatic nitrogens is 3. The van der Waals surface area contributed by atoms with Gasteiger partial charge in [-0.2, -0.15) is 0 Å². The number of nitrogen functional groups attached to an aromatic ring is 1. The van der Waals surface area contributed by atoms with E-state index in [1.54, 1.807) is 0 Å². The van der Waals surface area contributed by atoms with Crippen LogP contribution in [-0.2, 0) is 9.53 Å². The Hall–Kier alpha value is -3.91. The third-order valence-corrected chi connectivity index (χ3v) is 6.83. The number of carbonyl (C=O) groups is 1. The second-order valence-corrected chi connectivity index (χ2v) is 10.8. The molecule has 8 nitrogen and oxygen atoms in total. The van der Waals surface area contributed by atoms with E-state index in [0.29, 0.717) is 11.9 Å². The summed E-state index contributed by atoms with van der Waals surface area (Å²) < 4.78 is 13.6. The summed E-state index contributed by atoms with van der Waals surface area (Å²) in [6, 6.07) is 18.3. The Morgan fingerprint density at radius 1 is 1.00 bits per heavy atom. The molecule has 5 rings (SSSR count). The first-order chi connectivity index (χ1) is 18.3. The zero-order valence-electron chi connectivity index (χ0n) is 22.2. The summed E-state index contributed by atoms with van der Waals surface area (Å²) in [6.45, 7) is 5.88. The SMILES string of the molecule is CC(C)(C)OC(=O)CNC1CCC(n2cc(-c3ccc(Oc4ccccc4)cc3)c3c(N)ncnc32)CC1. The Morgan fingerprint density at radius 3 is 2.37 bits per heavy atom. The molecule has 4 aromatic rings. The van der Waals surface area contributed by atoms with Crippen molar-refractivity contribution in [3.63, 3.8) is 0 Å². The first kappa shape index (κ1) is 25.7. The maximum absolute atomic E-state index is 12.1. The van der Waals surface area contributed by atoms with Crippen molar-refractivity contribution in [2.24, 2.45) is 0 Å². The molecule has 0 amide bonds. The van der Waals surface area contributed by atoms with Crippen molar-refractivity contribution in [3.05, 3.63) is 67.1 Å². The molecule has 1 saturated carbocycles. The van der Waals surface area contributed by atoms with Gasteiger partial charge in [-0.05, 0) is 76.3 Å². The number of benzene rings is 2. The molecule has 3 N–H and O–H groups in total. The zero-order chi connectivity index (χ0) is 26.7. The van der Waals surface area contributed by atoms with Gasteiger partial charge >= 0.3 is 5.97 Å². The van der Waals surface area contributed by atoms with Crippen LogP contribution in [0.5, 0.6) is 11.5 Å². The molecule has 0 bridgehead atoms. The van der Waals surface area contributed by atoms with Crippen LogP contribution >= 0.6 is 0 Å². The van der Waals surface area contributed by atoms with Crippen molar-refractivity contribution in [2.45, 2.75) is 64.1 Å². The van der Waals surface area contributed by atoms with Crippen LogP contribution in [0.2, 0.25) is 0 Å². The first-order valence-corrected chi connectivity index (χ1v) is 13.2. The van der Waals surface area contributed by atoms with E-state index in [9.17, 15) is 4.79 Å². The van der Waals surface area contributed by atoms with Crippen molar-refractivity contribution in [2.75, 3.05) is 12.3 Å². The molecule has 0 aliphatic heterocycles. The maximum atomic E-state index is 12.1. The number of hydrogen-bond donors (Lipinski definition) is 2. The molecule has 1 aliphatic rings. The summed E-state index contributed by atoms with van der Waals surface area (Å²) in [5, 5.41) is 4.24. The van der Waals surface area contributed by atoms with Crippen LogP contribution in [0.4, 0.5) is 5.82 Å². The van der Waals surface area contributed by atoms with Crippen LogP contribution in [0.1, 0.15) is 52.5 Å². The molecule has 2 aromatic carbocycles. The zero-order valence-corrected chi connectivity index (χ0v) is 22.2. The van der Waals surface area contributed by atoms with Gasteiger partial charge in [0.1, 0.15) is 34.9 Å². The van der Waals surface area contributed by atoms with Crippen LogP contribution in [0, 0.1) is 0 Å². The van der Waals surface area contributed by atoms with E-state index in [1.807, 2.05) is 75.4 Å². The van der Waals surface area contributed by atoms with Gasteiger partial charge in [0.15, 0.2) is 0 Å². The molecule has 2 heterocycles. The van der Waals surface area contributed by atoms with Crippen molar-refractivity contribution < 1.29 is 14.3 Å². The molecular weight excluding hydrogens is 478 g/mol. The normalized spacial score (nSPS) is 17.9. The molecular formula is C30H35N5O3. The van der Waals surface area contributed by atoms with Crippen LogP contribution in [0.3, 0.4) is 0 Å². The van der Waals surface area contributed by atoms with E-state index in [2.05, 4.69) is 26.0 Å². The topological polar surface area (TPSA) is 104 Å². The van der Waals surface area contributed by atoms with Crippen molar-refractivity contribution >= 4 is 22.8 Å². The summed E-state index contributed by atoms with van der Waals surface area (Å²) in [5.41, 5.74) is 8.78. The number of ether oxygens (including phenoxy) is 2. The maximum Gasteiger partial charge on any atom is 0.320 e. The van der Waals surface area contributed by atoms with Gasteiger partial charge in [0.05, 0.1) is 11.9 Å². The fourth-order valence-corrected chi connectivity index (χ4v) is 5.10. The molecule has 2 aromatic heterocycles. The summed E-state index contributed by atoms with van der Waals surface area (Å²) in [7, 11) is 0. The quantitative estimate of drug-likeness (QED) is 0.297. The lowest BCUT2D eigenvalue weighted by molar-refractivity contribution is -0.153.